The lowest BCUT2D eigenvalue weighted by atomic mass is 9.69. The fourth-order valence-corrected chi connectivity index (χ4v) is 11.2. The molecule has 0 fully saturated rings. The topological polar surface area (TPSA) is 16.4 Å². The summed E-state index contributed by atoms with van der Waals surface area (Å²) in [6.45, 7) is 4.73. The number of rotatable bonds is 3. The maximum Gasteiger partial charge on any atom is 0.135 e. The SMILES string of the molecule is CC1(C)c2ccccc2-c2ccc(N(c3ccc4c(c3)C3(c5ccccc5-4)c4ccccc4-c4ccc5ccccc5c43)c3ccc4oc5ccccc5c4c3)cc21. The molecule has 58 heavy (non-hydrogen) atoms. The highest BCUT2D eigenvalue weighted by Gasteiger charge is 2.52. The van der Waals surface area contributed by atoms with Gasteiger partial charge in [-0.05, 0) is 126 Å². The van der Waals surface area contributed by atoms with Crippen molar-refractivity contribution >= 4 is 49.8 Å². The number of furan rings is 1. The van der Waals surface area contributed by atoms with Crippen molar-refractivity contribution in [1.82, 2.24) is 0 Å². The zero-order valence-electron chi connectivity index (χ0n) is 32.3. The highest BCUT2D eigenvalue weighted by atomic mass is 16.3. The maximum atomic E-state index is 6.37. The second kappa shape index (κ2) is 11.2. The summed E-state index contributed by atoms with van der Waals surface area (Å²) >= 11 is 0. The van der Waals surface area contributed by atoms with E-state index >= 15 is 0 Å². The van der Waals surface area contributed by atoms with Gasteiger partial charge in [-0.3, -0.25) is 0 Å². The van der Waals surface area contributed by atoms with Crippen molar-refractivity contribution in [3.05, 3.63) is 221 Å². The van der Waals surface area contributed by atoms with Gasteiger partial charge in [0, 0.05) is 33.2 Å². The van der Waals surface area contributed by atoms with Crippen molar-refractivity contribution in [3.8, 4) is 33.4 Å². The van der Waals surface area contributed by atoms with Crippen LogP contribution in [-0.4, -0.2) is 0 Å². The number of para-hydroxylation sites is 1. The van der Waals surface area contributed by atoms with Gasteiger partial charge in [0.1, 0.15) is 11.2 Å². The summed E-state index contributed by atoms with van der Waals surface area (Å²) in [6, 6.07) is 70.1. The van der Waals surface area contributed by atoms with Crippen molar-refractivity contribution in [2.24, 2.45) is 0 Å². The van der Waals surface area contributed by atoms with Crippen LogP contribution in [0.1, 0.15) is 47.2 Å². The van der Waals surface area contributed by atoms with E-state index in [4.69, 9.17) is 4.42 Å². The average molecular weight is 740 g/mol. The van der Waals surface area contributed by atoms with Crippen LogP contribution in [-0.2, 0) is 10.8 Å². The molecule has 0 radical (unpaired) electrons. The van der Waals surface area contributed by atoms with Gasteiger partial charge in [-0.1, -0.05) is 153 Å². The molecule has 0 amide bonds. The van der Waals surface area contributed by atoms with Crippen LogP contribution in [0.25, 0.3) is 66.1 Å². The van der Waals surface area contributed by atoms with E-state index in [0.29, 0.717) is 0 Å². The third-order valence-electron chi connectivity index (χ3n) is 13.7. The first-order chi connectivity index (χ1) is 28.5. The van der Waals surface area contributed by atoms with Gasteiger partial charge in [0.05, 0.1) is 5.41 Å². The predicted molar refractivity (Wildman–Crippen MR) is 240 cm³/mol. The van der Waals surface area contributed by atoms with Gasteiger partial charge < -0.3 is 9.32 Å². The van der Waals surface area contributed by atoms with Gasteiger partial charge in [0.2, 0.25) is 0 Å². The molecule has 0 saturated heterocycles. The fraction of sp³-hybridized carbons (Fsp3) is 0.0714. The molecule has 1 unspecified atom stereocenters. The Bertz CT molecular complexity index is 3390. The second-order valence-electron chi connectivity index (χ2n) is 16.8. The van der Waals surface area contributed by atoms with Crippen LogP contribution < -0.4 is 4.90 Å². The second-order valence-corrected chi connectivity index (χ2v) is 16.8. The number of nitrogens with zero attached hydrogens (tertiary/aromatic N) is 1. The van der Waals surface area contributed by atoms with Gasteiger partial charge in [-0.2, -0.15) is 0 Å². The molecule has 2 nitrogen and oxygen atoms in total. The molecule has 3 aliphatic rings. The zero-order chi connectivity index (χ0) is 38.3. The molecule has 0 saturated carbocycles. The van der Waals surface area contributed by atoms with Crippen LogP contribution in [0.4, 0.5) is 17.1 Å². The first kappa shape index (κ1) is 32.0. The number of hydrogen-bond donors (Lipinski definition) is 0. The maximum absolute atomic E-state index is 6.37. The van der Waals surface area contributed by atoms with Crippen LogP contribution >= 0.6 is 0 Å². The summed E-state index contributed by atoms with van der Waals surface area (Å²) in [5.74, 6) is 0. The Morgan fingerprint density at radius 2 is 0.862 bits per heavy atom. The molecule has 9 aromatic carbocycles. The highest BCUT2D eigenvalue weighted by molar-refractivity contribution is 6.07. The molecule has 0 bridgehead atoms. The van der Waals surface area contributed by atoms with E-state index in [-0.39, 0.29) is 5.41 Å². The Balaban J connectivity index is 1.11. The van der Waals surface area contributed by atoms with Gasteiger partial charge in [0.25, 0.3) is 0 Å². The van der Waals surface area contributed by atoms with Crippen molar-refractivity contribution < 1.29 is 4.42 Å². The van der Waals surface area contributed by atoms with E-state index in [1.165, 1.54) is 77.5 Å². The van der Waals surface area contributed by atoms with E-state index in [0.717, 1.165) is 39.0 Å². The molecular formula is C56H37NO. The van der Waals surface area contributed by atoms with Crippen LogP contribution in [0.3, 0.4) is 0 Å². The Kier molecular flexibility index (Phi) is 6.20. The minimum absolute atomic E-state index is 0.139. The molecule has 10 aromatic rings. The first-order valence-corrected chi connectivity index (χ1v) is 20.3. The average Bonchev–Trinajstić information content (AvgIpc) is 3.96. The third-order valence-corrected chi connectivity index (χ3v) is 13.7. The van der Waals surface area contributed by atoms with Gasteiger partial charge in [-0.25, -0.2) is 0 Å². The molecule has 13 rings (SSSR count). The minimum atomic E-state index is -0.493. The summed E-state index contributed by atoms with van der Waals surface area (Å²) < 4.78 is 6.37. The third kappa shape index (κ3) is 3.97. The summed E-state index contributed by atoms with van der Waals surface area (Å²) in [7, 11) is 0. The van der Waals surface area contributed by atoms with E-state index in [2.05, 4.69) is 201 Å². The zero-order valence-corrected chi connectivity index (χ0v) is 32.3. The van der Waals surface area contributed by atoms with Crippen LogP contribution in [0.15, 0.2) is 192 Å². The summed E-state index contributed by atoms with van der Waals surface area (Å²) in [5.41, 5.74) is 20.5. The fourth-order valence-electron chi connectivity index (χ4n) is 11.2. The quantitative estimate of drug-likeness (QED) is 0.179. The number of hydrogen-bond acceptors (Lipinski definition) is 2. The van der Waals surface area contributed by atoms with Crippen LogP contribution in [0.5, 0.6) is 0 Å². The standard InChI is InChI=1S/C56H37NO/c1-55(2)47-19-9-5-15-39(47)42-28-24-36(32-50(42)55)57(35-26-30-53-46(31-35)44-18-8-12-22-52(44)58-53)37-25-29-43-40-16-6-10-20-48(40)56(51(43)33-37)49-21-11-7-17-41(49)45-27-23-34-13-3-4-14-38(34)54(45)56/h3-33H,1-2H3. The Morgan fingerprint density at radius 3 is 1.62 bits per heavy atom. The molecule has 2 heteroatoms. The van der Waals surface area contributed by atoms with Gasteiger partial charge >= 0.3 is 0 Å². The minimum Gasteiger partial charge on any atom is -0.456 e. The molecule has 0 N–H and O–H groups in total. The Hall–Kier alpha value is -7.16. The Labute approximate surface area is 337 Å². The molecule has 1 atom stereocenters. The highest BCUT2D eigenvalue weighted by Crippen LogP contribution is 2.64. The van der Waals surface area contributed by atoms with Crippen molar-refractivity contribution in [2.75, 3.05) is 4.90 Å². The number of benzene rings is 9. The summed E-state index contributed by atoms with van der Waals surface area (Å²) in [6.07, 6.45) is 0. The lowest BCUT2D eigenvalue weighted by molar-refractivity contribution is 0.660. The largest absolute Gasteiger partial charge is 0.456 e. The van der Waals surface area contributed by atoms with Crippen molar-refractivity contribution in [1.29, 1.82) is 0 Å². The van der Waals surface area contributed by atoms with E-state index < -0.39 is 5.41 Å². The lowest BCUT2D eigenvalue weighted by Crippen LogP contribution is -2.26. The molecule has 1 aromatic heterocycles. The lowest BCUT2D eigenvalue weighted by Gasteiger charge is -2.33. The van der Waals surface area contributed by atoms with Crippen molar-refractivity contribution in [2.45, 2.75) is 24.7 Å². The molecule has 3 aliphatic carbocycles. The Morgan fingerprint density at radius 1 is 0.362 bits per heavy atom. The monoisotopic (exact) mass is 739 g/mol. The normalized spacial score (nSPS) is 16.3. The molecule has 1 heterocycles. The number of fused-ring (bicyclic) bond motifs is 18. The molecule has 0 aliphatic heterocycles. The predicted octanol–water partition coefficient (Wildman–Crippen LogP) is 14.9. The van der Waals surface area contributed by atoms with E-state index in [1.807, 2.05) is 6.07 Å². The number of anilines is 3. The summed E-state index contributed by atoms with van der Waals surface area (Å²) in [4.78, 5) is 2.47. The van der Waals surface area contributed by atoms with Crippen LogP contribution in [0, 0.1) is 0 Å². The van der Waals surface area contributed by atoms with E-state index in [9.17, 15) is 0 Å². The van der Waals surface area contributed by atoms with Crippen molar-refractivity contribution in [3.63, 3.8) is 0 Å². The smallest absolute Gasteiger partial charge is 0.135 e. The van der Waals surface area contributed by atoms with Crippen LogP contribution in [0.2, 0.25) is 0 Å². The first-order valence-electron chi connectivity index (χ1n) is 20.3. The van der Waals surface area contributed by atoms with Gasteiger partial charge in [-0.15, -0.1) is 0 Å². The summed E-state index contributed by atoms with van der Waals surface area (Å²) in [5, 5.41) is 4.81. The van der Waals surface area contributed by atoms with E-state index in [1.54, 1.807) is 0 Å². The van der Waals surface area contributed by atoms with Gasteiger partial charge in [0.15, 0.2) is 0 Å². The molecule has 1 spiro atoms. The molecule has 272 valence electrons. The molecular weight excluding hydrogens is 703 g/mol.